The first-order chi connectivity index (χ1) is 10.0. The lowest BCUT2D eigenvalue weighted by Gasteiger charge is -2.28. The molecule has 0 spiro atoms. The first kappa shape index (κ1) is 18.6. The van der Waals surface area contributed by atoms with Gasteiger partial charge >= 0.3 is 0 Å². The van der Waals surface area contributed by atoms with Crippen molar-refractivity contribution in [1.29, 1.82) is 0 Å². The topological polar surface area (TPSA) is 72.6 Å². The average Bonchev–Trinajstić information content (AvgIpc) is 2.93. The van der Waals surface area contributed by atoms with Crippen molar-refractivity contribution in [1.82, 2.24) is 4.31 Å². The summed E-state index contributed by atoms with van der Waals surface area (Å²) in [5.41, 5.74) is 5.53. The van der Waals surface area contributed by atoms with Crippen LogP contribution in [0.1, 0.15) is 31.6 Å². The molecule has 7 heteroatoms. The standard InChI is InChI=1S/C14H26N2O3S2/c1-4-12(5-2)16(10-11-19-3)21(17,18)14-7-6-13(20-14)8-9-15/h6-7,12H,4-5,8-11,15H2,1-3H3. The van der Waals surface area contributed by atoms with Crippen LogP contribution < -0.4 is 5.73 Å². The van der Waals surface area contributed by atoms with Crippen LogP contribution in [0.25, 0.3) is 0 Å². The molecule has 0 fully saturated rings. The number of sulfonamides is 1. The molecule has 0 aliphatic rings. The largest absolute Gasteiger partial charge is 0.383 e. The summed E-state index contributed by atoms with van der Waals surface area (Å²) in [6.45, 7) is 5.33. The molecule has 0 aromatic carbocycles. The van der Waals surface area contributed by atoms with Crippen LogP contribution in [0.15, 0.2) is 16.3 Å². The lowest BCUT2D eigenvalue weighted by molar-refractivity contribution is 0.163. The number of nitrogens with two attached hydrogens (primary N) is 1. The van der Waals surface area contributed by atoms with Gasteiger partial charge < -0.3 is 10.5 Å². The van der Waals surface area contributed by atoms with Gasteiger partial charge in [-0.2, -0.15) is 4.31 Å². The smallest absolute Gasteiger partial charge is 0.252 e. The first-order valence-corrected chi connectivity index (χ1v) is 9.56. The van der Waals surface area contributed by atoms with E-state index in [0.717, 1.165) is 17.7 Å². The third kappa shape index (κ3) is 4.75. The summed E-state index contributed by atoms with van der Waals surface area (Å²) in [6, 6.07) is 3.55. The minimum atomic E-state index is -3.46. The Morgan fingerprint density at radius 3 is 2.52 bits per heavy atom. The van der Waals surface area contributed by atoms with E-state index in [1.165, 1.54) is 11.3 Å². The Kier molecular flexibility index (Phi) is 7.83. The highest BCUT2D eigenvalue weighted by molar-refractivity contribution is 7.91. The summed E-state index contributed by atoms with van der Waals surface area (Å²) < 4.78 is 32.8. The number of hydrogen-bond acceptors (Lipinski definition) is 5. The third-order valence-electron chi connectivity index (χ3n) is 3.46. The molecule has 1 rings (SSSR count). The van der Waals surface area contributed by atoms with Gasteiger partial charge in [0.15, 0.2) is 0 Å². The van der Waals surface area contributed by atoms with Gasteiger partial charge in [0, 0.05) is 24.6 Å². The Balaban J connectivity index is 3.06. The Hall–Kier alpha value is -0.470. The zero-order valence-electron chi connectivity index (χ0n) is 13.0. The van der Waals surface area contributed by atoms with E-state index in [1.54, 1.807) is 17.5 Å². The van der Waals surface area contributed by atoms with Crippen LogP contribution in [-0.4, -0.2) is 45.6 Å². The Labute approximate surface area is 132 Å². The van der Waals surface area contributed by atoms with Crippen molar-refractivity contribution in [2.45, 2.75) is 43.4 Å². The minimum absolute atomic E-state index is 0.00482. The molecule has 5 nitrogen and oxygen atoms in total. The predicted molar refractivity (Wildman–Crippen MR) is 87.2 cm³/mol. The molecule has 0 aliphatic carbocycles. The van der Waals surface area contributed by atoms with Gasteiger partial charge in [-0.25, -0.2) is 8.42 Å². The summed E-state index contributed by atoms with van der Waals surface area (Å²) >= 11 is 1.31. The van der Waals surface area contributed by atoms with Gasteiger partial charge in [-0.05, 0) is 37.9 Å². The van der Waals surface area contributed by atoms with Crippen molar-refractivity contribution < 1.29 is 13.2 Å². The average molecular weight is 335 g/mol. The molecule has 1 heterocycles. The number of hydrogen-bond donors (Lipinski definition) is 1. The van der Waals surface area contributed by atoms with Gasteiger partial charge in [0.05, 0.1) is 6.61 Å². The lowest BCUT2D eigenvalue weighted by atomic mass is 10.2. The van der Waals surface area contributed by atoms with E-state index < -0.39 is 10.0 Å². The van der Waals surface area contributed by atoms with E-state index in [9.17, 15) is 8.42 Å². The molecule has 122 valence electrons. The summed E-state index contributed by atoms with van der Waals surface area (Å²) in [5, 5.41) is 0. The van der Waals surface area contributed by atoms with Gasteiger partial charge in [-0.3, -0.25) is 0 Å². The number of rotatable bonds is 10. The second kappa shape index (κ2) is 8.85. The van der Waals surface area contributed by atoms with E-state index in [0.29, 0.717) is 30.3 Å². The molecular formula is C14H26N2O3S2. The van der Waals surface area contributed by atoms with E-state index in [4.69, 9.17) is 10.5 Å². The highest BCUT2D eigenvalue weighted by Crippen LogP contribution is 2.27. The Morgan fingerprint density at radius 1 is 1.33 bits per heavy atom. The zero-order valence-corrected chi connectivity index (χ0v) is 14.7. The molecule has 0 amide bonds. The van der Waals surface area contributed by atoms with Crippen molar-refractivity contribution >= 4 is 21.4 Å². The molecule has 0 aliphatic heterocycles. The second-order valence-corrected chi connectivity index (χ2v) is 8.12. The van der Waals surface area contributed by atoms with Crippen LogP contribution in [0, 0.1) is 0 Å². The molecule has 0 saturated heterocycles. The molecule has 0 radical (unpaired) electrons. The van der Waals surface area contributed by atoms with E-state index >= 15 is 0 Å². The summed E-state index contributed by atoms with van der Waals surface area (Å²) in [5.74, 6) is 0. The van der Waals surface area contributed by atoms with Crippen molar-refractivity contribution in [3.63, 3.8) is 0 Å². The maximum Gasteiger partial charge on any atom is 0.252 e. The summed E-state index contributed by atoms with van der Waals surface area (Å²) in [7, 11) is -1.88. The van der Waals surface area contributed by atoms with Crippen molar-refractivity contribution in [3.8, 4) is 0 Å². The first-order valence-electron chi connectivity index (χ1n) is 7.30. The summed E-state index contributed by atoms with van der Waals surface area (Å²) in [6.07, 6.45) is 2.30. The lowest BCUT2D eigenvalue weighted by Crippen LogP contribution is -2.41. The normalized spacial score (nSPS) is 12.5. The minimum Gasteiger partial charge on any atom is -0.383 e. The molecular weight excluding hydrogens is 308 g/mol. The monoisotopic (exact) mass is 334 g/mol. The maximum absolute atomic E-state index is 12.9. The fourth-order valence-electron chi connectivity index (χ4n) is 2.27. The molecule has 1 aromatic heterocycles. The van der Waals surface area contributed by atoms with Gasteiger partial charge in [-0.15, -0.1) is 11.3 Å². The SMILES string of the molecule is CCC(CC)N(CCOC)S(=O)(=O)c1ccc(CCN)s1. The molecule has 0 atom stereocenters. The van der Waals surface area contributed by atoms with Crippen molar-refractivity contribution in [3.05, 3.63) is 17.0 Å². The second-order valence-electron chi connectivity index (χ2n) is 4.84. The molecule has 0 bridgehead atoms. The fraction of sp³-hybridized carbons (Fsp3) is 0.714. The van der Waals surface area contributed by atoms with Crippen molar-refractivity contribution in [2.75, 3.05) is 26.8 Å². The van der Waals surface area contributed by atoms with Crippen LogP contribution in [0.4, 0.5) is 0 Å². The Morgan fingerprint density at radius 2 is 2.00 bits per heavy atom. The van der Waals surface area contributed by atoms with Crippen LogP contribution >= 0.6 is 11.3 Å². The van der Waals surface area contributed by atoms with E-state index in [-0.39, 0.29) is 6.04 Å². The summed E-state index contributed by atoms with van der Waals surface area (Å²) in [4.78, 5) is 1.01. The van der Waals surface area contributed by atoms with Gasteiger partial charge in [0.1, 0.15) is 4.21 Å². The van der Waals surface area contributed by atoms with E-state index in [2.05, 4.69) is 0 Å². The van der Waals surface area contributed by atoms with Crippen LogP contribution in [0.3, 0.4) is 0 Å². The fourth-order valence-corrected chi connectivity index (χ4v) is 5.52. The van der Waals surface area contributed by atoms with Crippen LogP contribution in [0.5, 0.6) is 0 Å². The van der Waals surface area contributed by atoms with E-state index in [1.807, 2.05) is 19.9 Å². The van der Waals surface area contributed by atoms with Crippen LogP contribution in [-0.2, 0) is 21.2 Å². The van der Waals surface area contributed by atoms with Crippen LogP contribution in [0.2, 0.25) is 0 Å². The van der Waals surface area contributed by atoms with Gasteiger partial charge in [-0.1, -0.05) is 13.8 Å². The quantitative estimate of drug-likeness (QED) is 0.711. The molecule has 2 N–H and O–H groups in total. The van der Waals surface area contributed by atoms with Gasteiger partial charge in [0.2, 0.25) is 0 Å². The number of thiophene rings is 1. The Bertz CT molecular complexity index is 510. The number of nitrogens with zero attached hydrogens (tertiary/aromatic N) is 1. The number of ether oxygens (including phenoxy) is 1. The molecule has 1 aromatic rings. The highest BCUT2D eigenvalue weighted by Gasteiger charge is 2.30. The number of methoxy groups -OCH3 is 1. The van der Waals surface area contributed by atoms with Crippen molar-refractivity contribution in [2.24, 2.45) is 5.73 Å². The highest BCUT2D eigenvalue weighted by atomic mass is 32.2. The molecule has 0 unspecified atom stereocenters. The zero-order chi connectivity index (χ0) is 15.9. The predicted octanol–water partition coefficient (Wildman–Crippen LogP) is 2.08. The maximum atomic E-state index is 12.9. The van der Waals surface area contributed by atoms with Gasteiger partial charge in [0.25, 0.3) is 10.0 Å². The molecule has 0 saturated carbocycles. The third-order valence-corrected chi connectivity index (χ3v) is 7.02. The molecule has 21 heavy (non-hydrogen) atoms.